The van der Waals surface area contributed by atoms with Crippen molar-refractivity contribution in [3.8, 4) is 5.75 Å². The summed E-state index contributed by atoms with van der Waals surface area (Å²) in [5.41, 5.74) is 1.18. The van der Waals surface area contributed by atoms with Gasteiger partial charge in [-0.1, -0.05) is 12.2 Å². The summed E-state index contributed by atoms with van der Waals surface area (Å²) in [6.45, 7) is 5.63. The van der Waals surface area contributed by atoms with Gasteiger partial charge in [-0.25, -0.2) is 19.1 Å². The molecule has 0 radical (unpaired) electrons. The van der Waals surface area contributed by atoms with E-state index >= 15 is 0 Å². The number of carboxylic acid groups (broad SMARTS) is 1. The first-order valence-corrected chi connectivity index (χ1v) is 13.5. The zero-order valence-corrected chi connectivity index (χ0v) is 23.3. The Morgan fingerprint density at radius 3 is 2.76 bits per heavy atom. The van der Waals surface area contributed by atoms with Crippen LogP contribution in [0.15, 0.2) is 59.0 Å². The summed E-state index contributed by atoms with van der Waals surface area (Å²) in [5, 5.41) is 23.0. The number of carbonyl (C=O) groups is 1. The van der Waals surface area contributed by atoms with Crippen LogP contribution in [-0.4, -0.2) is 61.3 Å². The second-order valence-corrected chi connectivity index (χ2v) is 10.6. The summed E-state index contributed by atoms with van der Waals surface area (Å²) in [6.07, 6.45) is 6.58. The number of pyridine rings is 1. The number of aromatic nitrogens is 5. The Kier molecular flexibility index (Phi) is 7.78. The Labute approximate surface area is 235 Å². The third-order valence-corrected chi connectivity index (χ3v) is 8.38. The van der Waals surface area contributed by atoms with Crippen molar-refractivity contribution < 1.29 is 24.3 Å². The lowest BCUT2D eigenvalue weighted by Crippen LogP contribution is -2.56. The lowest BCUT2D eigenvalue weighted by atomic mass is 9.73. The van der Waals surface area contributed by atoms with Gasteiger partial charge in [-0.2, -0.15) is 0 Å². The van der Waals surface area contributed by atoms with Gasteiger partial charge >= 0.3 is 17.2 Å². The molecule has 3 aliphatic rings. The van der Waals surface area contributed by atoms with Crippen LogP contribution in [0.3, 0.4) is 0 Å². The number of fused-ring (bicyclic) bond motifs is 5. The Hall–Kier alpha value is -4.29. The number of benzene rings is 1. The van der Waals surface area contributed by atoms with Crippen LogP contribution in [0.2, 0.25) is 0 Å². The van der Waals surface area contributed by atoms with Gasteiger partial charge < -0.3 is 19.8 Å². The summed E-state index contributed by atoms with van der Waals surface area (Å²) < 4.78 is 8.79. The van der Waals surface area contributed by atoms with Crippen molar-refractivity contribution in [2.75, 3.05) is 20.2 Å². The minimum atomic E-state index is -1.06. The molecule has 3 fully saturated rings. The molecule has 4 unspecified atom stereocenters. The second kappa shape index (κ2) is 11.3. The van der Waals surface area contributed by atoms with Gasteiger partial charge in [0.25, 0.3) is 11.2 Å². The van der Waals surface area contributed by atoms with Gasteiger partial charge in [0, 0.05) is 38.3 Å². The van der Waals surface area contributed by atoms with Crippen LogP contribution in [0.4, 0.5) is 0 Å². The van der Waals surface area contributed by atoms with Crippen LogP contribution >= 0.6 is 0 Å². The van der Waals surface area contributed by atoms with Crippen molar-refractivity contribution in [2.45, 2.75) is 31.5 Å². The summed E-state index contributed by atoms with van der Waals surface area (Å²) in [6, 6.07) is 7.70. The Morgan fingerprint density at radius 1 is 1.32 bits per heavy atom. The number of hydrogen-bond donors (Lipinski definition) is 2. The quantitative estimate of drug-likeness (QED) is 0.255. The minimum Gasteiger partial charge on any atom is -0.847 e. The van der Waals surface area contributed by atoms with Crippen molar-refractivity contribution in [1.29, 1.82) is 0 Å². The van der Waals surface area contributed by atoms with Crippen molar-refractivity contribution in [2.24, 2.45) is 25.9 Å². The topological polar surface area (TPSA) is 149 Å². The van der Waals surface area contributed by atoms with E-state index in [1.54, 1.807) is 13.3 Å². The Morgan fingerprint density at radius 2 is 2.10 bits per heavy atom. The number of nitrogens with one attached hydrogen (secondary N) is 1. The van der Waals surface area contributed by atoms with E-state index < -0.39 is 23.3 Å². The zero-order chi connectivity index (χ0) is 29.4. The molecule has 2 N–H and O–H groups in total. The standard InChI is InChI=1S/C20H23N2O2.C9H10N4O4/c1-3-13-12-22-9-7-14(13)10-19(22)20(23)16-6-8-21-18-5-4-15(24-2)11-17(16)18;1-11-7-6(8(16)12(2)9(11)17)13(4-10-7)3-5(14)15/h3-6,8,11,13-14,19-20H,1,7,9-10,12H2,2H3;4H,3H2,1-2H3,(H,14,15)/q-1;/p+1/t13?,14?,19?,20-;/m0./s1. The number of aryl methyl sites for hydroxylation is 1. The first-order chi connectivity index (χ1) is 19.6. The molecule has 7 rings (SSSR count). The molecule has 3 aliphatic heterocycles. The molecular weight excluding hydrogens is 528 g/mol. The van der Waals surface area contributed by atoms with Gasteiger partial charge in [0.1, 0.15) is 5.75 Å². The van der Waals surface area contributed by atoms with E-state index in [1.165, 1.54) is 36.0 Å². The molecule has 1 aromatic carbocycles. The van der Waals surface area contributed by atoms with Crippen LogP contribution < -0.4 is 25.7 Å². The number of aromatic amines is 1. The van der Waals surface area contributed by atoms with E-state index in [4.69, 9.17) is 9.84 Å². The molecule has 12 heteroatoms. The van der Waals surface area contributed by atoms with E-state index in [0.29, 0.717) is 17.5 Å². The summed E-state index contributed by atoms with van der Waals surface area (Å²) in [7, 11) is 4.50. The van der Waals surface area contributed by atoms with E-state index in [9.17, 15) is 19.5 Å². The number of nitrogens with zero attached hydrogens (tertiary/aromatic N) is 5. The number of carboxylic acids is 1. The Balaban J connectivity index is 0.000000175. The fourth-order valence-corrected chi connectivity index (χ4v) is 6.15. The van der Waals surface area contributed by atoms with Crippen molar-refractivity contribution in [1.82, 2.24) is 24.0 Å². The molecule has 12 nitrogen and oxygen atoms in total. The normalized spacial score (nSPS) is 22.2. The third kappa shape index (κ3) is 5.16. The molecule has 5 atom stereocenters. The van der Waals surface area contributed by atoms with E-state index in [2.05, 4.69) is 27.5 Å². The molecule has 41 heavy (non-hydrogen) atoms. The predicted octanol–water partition coefficient (Wildman–Crippen LogP) is 0.479. The SMILES string of the molecule is C=CC1CN2CCC1CC2[C@@H]([O-])c1ccnc2ccc(OC)cc12.Cn1c(=O)c2c([nH]c[n+]2CC(=O)O)n(C)c1=O. The van der Waals surface area contributed by atoms with Crippen molar-refractivity contribution >= 4 is 28.0 Å². The number of rotatable bonds is 6. The molecule has 0 aliphatic carbocycles. The molecule has 6 heterocycles. The Bertz CT molecular complexity index is 1740. The van der Waals surface area contributed by atoms with Gasteiger partial charge in [-0.3, -0.25) is 18.9 Å². The molecule has 0 amide bonds. The third-order valence-electron chi connectivity index (χ3n) is 8.38. The van der Waals surface area contributed by atoms with Crippen LogP contribution in [0.5, 0.6) is 5.75 Å². The smallest absolute Gasteiger partial charge is 0.346 e. The molecule has 0 spiro atoms. The molecule has 216 valence electrons. The number of H-pyrrole nitrogens is 1. The van der Waals surface area contributed by atoms with Crippen LogP contribution in [0.1, 0.15) is 24.5 Å². The van der Waals surface area contributed by atoms with E-state index in [0.717, 1.165) is 46.3 Å². The lowest BCUT2D eigenvalue weighted by molar-refractivity contribution is -0.660. The lowest BCUT2D eigenvalue weighted by Gasteiger charge is -2.53. The number of ether oxygens (including phenoxy) is 1. The fraction of sp³-hybridized carbons (Fsp3) is 0.414. The van der Waals surface area contributed by atoms with Crippen LogP contribution in [0, 0.1) is 11.8 Å². The highest BCUT2D eigenvalue weighted by molar-refractivity contribution is 5.83. The predicted molar refractivity (Wildman–Crippen MR) is 149 cm³/mol. The maximum atomic E-state index is 13.3. The minimum absolute atomic E-state index is 0.0664. The first kappa shape index (κ1) is 28.2. The van der Waals surface area contributed by atoms with E-state index in [1.807, 2.05) is 24.3 Å². The molecular formula is C29H34N6O6. The molecule has 4 aromatic rings. The molecule has 0 saturated carbocycles. The zero-order valence-electron chi connectivity index (χ0n) is 23.3. The molecule has 3 aromatic heterocycles. The van der Waals surface area contributed by atoms with Gasteiger partial charge in [-0.15, -0.1) is 6.58 Å². The maximum Gasteiger partial charge on any atom is 0.346 e. The largest absolute Gasteiger partial charge is 0.847 e. The number of piperidine rings is 3. The van der Waals surface area contributed by atoms with Crippen molar-refractivity contribution in [3.63, 3.8) is 0 Å². The average Bonchev–Trinajstić information content (AvgIpc) is 3.41. The average molecular weight is 563 g/mol. The van der Waals surface area contributed by atoms with Gasteiger partial charge in [0.2, 0.25) is 6.33 Å². The number of hydrogen-bond acceptors (Lipinski definition) is 7. The highest BCUT2D eigenvalue weighted by Crippen LogP contribution is 2.41. The first-order valence-electron chi connectivity index (χ1n) is 13.5. The van der Waals surface area contributed by atoms with Crippen LogP contribution in [0.25, 0.3) is 22.1 Å². The van der Waals surface area contributed by atoms with E-state index in [-0.39, 0.29) is 18.1 Å². The monoisotopic (exact) mass is 562 g/mol. The van der Waals surface area contributed by atoms with Crippen LogP contribution in [-0.2, 0) is 25.4 Å². The summed E-state index contributed by atoms with van der Waals surface area (Å²) in [4.78, 5) is 43.6. The fourth-order valence-electron chi connectivity index (χ4n) is 6.15. The van der Waals surface area contributed by atoms with Gasteiger partial charge in [0.15, 0.2) is 6.54 Å². The van der Waals surface area contributed by atoms with Gasteiger partial charge in [0.05, 0.1) is 12.6 Å². The molecule has 3 saturated heterocycles. The number of aliphatic carboxylic acids is 1. The highest BCUT2D eigenvalue weighted by Gasteiger charge is 2.39. The molecule has 2 bridgehead atoms. The summed E-state index contributed by atoms with van der Waals surface area (Å²) >= 11 is 0. The van der Waals surface area contributed by atoms with Crippen molar-refractivity contribution in [3.05, 3.63) is 75.8 Å². The van der Waals surface area contributed by atoms with Gasteiger partial charge in [-0.05, 0) is 61.1 Å². The highest BCUT2D eigenvalue weighted by atomic mass is 16.5. The summed E-state index contributed by atoms with van der Waals surface area (Å²) in [5.74, 6) is 0.848. The number of methoxy groups -OCH3 is 1. The maximum absolute atomic E-state index is 13.3. The second-order valence-electron chi connectivity index (χ2n) is 10.6. The number of imidazole rings is 1.